The minimum atomic E-state index is -1.37. The molecule has 5 aromatic carbocycles. The molecule has 1 saturated carbocycles. The third-order valence-corrected chi connectivity index (χ3v) is 13.6. The van der Waals surface area contributed by atoms with Gasteiger partial charge in [-0.25, -0.2) is 4.79 Å². The molecule has 2 aliphatic rings. The highest BCUT2D eigenvalue weighted by Gasteiger charge is 2.43. The van der Waals surface area contributed by atoms with Crippen molar-refractivity contribution >= 4 is 29.6 Å². The monoisotopic (exact) mass is 852 g/mol. The van der Waals surface area contributed by atoms with Gasteiger partial charge in [0, 0.05) is 47.8 Å². The number of hydrogen-bond donors (Lipinski definition) is 0. The van der Waals surface area contributed by atoms with Gasteiger partial charge in [0.05, 0.1) is 6.42 Å². The molecule has 0 radical (unpaired) electrons. The van der Waals surface area contributed by atoms with Gasteiger partial charge < -0.3 is 14.4 Å². The average molecular weight is 854 g/mol. The van der Waals surface area contributed by atoms with Crippen LogP contribution in [0.2, 0.25) is 5.02 Å². The van der Waals surface area contributed by atoms with E-state index in [9.17, 15) is 14.4 Å². The van der Waals surface area contributed by atoms with Gasteiger partial charge in [0.2, 0.25) is 5.91 Å². The van der Waals surface area contributed by atoms with E-state index >= 15 is 0 Å². The number of esters is 1. The fraction of sp³-hybridized carbons (Fsp3) is 0.389. The lowest BCUT2D eigenvalue weighted by molar-refractivity contribution is -0.155. The molecule has 0 spiro atoms. The second-order valence-electron chi connectivity index (χ2n) is 17.6. The minimum absolute atomic E-state index is 0.0963. The van der Waals surface area contributed by atoms with Crippen molar-refractivity contribution in [1.29, 1.82) is 0 Å². The summed E-state index contributed by atoms with van der Waals surface area (Å²) >= 11 is 7.03. The molecule has 1 fully saturated rings. The highest BCUT2D eigenvalue weighted by atomic mass is 35.5. The summed E-state index contributed by atoms with van der Waals surface area (Å²) in [6, 6.07) is 40.8. The first-order chi connectivity index (χ1) is 30.0. The van der Waals surface area contributed by atoms with Crippen molar-refractivity contribution in [1.82, 2.24) is 9.80 Å². The Hall–Kier alpha value is -5.40. The van der Waals surface area contributed by atoms with Crippen LogP contribution in [0.3, 0.4) is 0 Å². The second-order valence-corrected chi connectivity index (χ2v) is 18.0. The Bertz CT molecular complexity index is 2260. The van der Waals surface area contributed by atoms with Crippen molar-refractivity contribution in [3.8, 4) is 11.1 Å². The van der Waals surface area contributed by atoms with Crippen LogP contribution in [0, 0.1) is 5.92 Å². The fourth-order valence-corrected chi connectivity index (χ4v) is 10.0. The third kappa shape index (κ3) is 9.49. The molecule has 0 saturated heterocycles. The van der Waals surface area contributed by atoms with Gasteiger partial charge in [0.1, 0.15) is 12.6 Å². The zero-order chi connectivity index (χ0) is 43.8. The summed E-state index contributed by atoms with van der Waals surface area (Å²) in [4.78, 5) is 45.5. The van der Waals surface area contributed by atoms with Crippen LogP contribution in [-0.4, -0.2) is 60.6 Å². The molecule has 0 bridgehead atoms. The van der Waals surface area contributed by atoms with E-state index in [0.717, 1.165) is 33.4 Å². The zero-order valence-electron chi connectivity index (χ0n) is 36.9. The molecular weight excluding hydrogens is 792 g/mol. The molecule has 324 valence electrons. The Balaban J connectivity index is 1.09. The molecule has 0 aliphatic heterocycles. The number of fused-ring (bicyclic) bond motifs is 3. The summed E-state index contributed by atoms with van der Waals surface area (Å²) in [5, 5.41) is 0.473. The summed E-state index contributed by atoms with van der Waals surface area (Å²) in [5.74, 6) is -0.646. The fourth-order valence-electron chi connectivity index (χ4n) is 9.75. The molecule has 8 heteroatoms. The highest BCUT2D eigenvalue weighted by molar-refractivity contribution is 6.31. The number of likely N-dealkylation sites (N-methyl/N-ethyl adjacent to an activating group) is 2. The average Bonchev–Trinajstić information content (AvgIpc) is 3.67. The van der Waals surface area contributed by atoms with Crippen LogP contribution in [0.25, 0.3) is 11.1 Å². The van der Waals surface area contributed by atoms with Gasteiger partial charge in [-0.2, -0.15) is 0 Å². The molecule has 7 rings (SSSR count). The molecule has 1 unspecified atom stereocenters. The zero-order valence-corrected chi connectivity index (χ0v) is 37.7. The molecule has 0 heterocycles. The van der Waals surface area contributed by atoms with Crippen LogP contribution in [0.4, 0.5) is 4.79 Å². The van der Waals surface area contributed by atoms with E-state index in [0.29, 0.717) is 16.5 Å². The van der Waals surface area contributed by atoms with E-state index in [-0.39, 0.29) is 30.8 Å². The van der Waals surface area contributed by atoms with Crippen molar-refractivity contribution in [2.24, 2.45) is 5.92 Å². The lowest BCUT2D eigenvalue weighted by atomic mass is 9.78. The molecule has 5 aromatic rings. The van der Waals surface area contributed by atoms with Crippen LogP contribution in [0.5, 0.6) is 0 Å². The van der Waals surface area contributed by atoms with Crippen molar-refractivity contribution in [2.45, 2.75) is 108 Å². The predicted octanol–water partition coefficient (Wildman–Crippen LogP) is 12.5. The molecule has 0 N–H and O–H groups in total. The van der Waals surface area contributed by atoms with Gasteiger partial charge >= 0.3 is 12.1 Å². The SMILES string of the molecule is CC(C)[C@@H](C(=O)N(C)[C@H](C)CC(=O)OC(c1ccccc1)(c1ccc(C2CCCCCCCC2)cc1)c1ccccc1Cl)N(C)C(=O)OCC1c2ccccc2-c2ccccc21. The highest BCUT2D eigenvalue weighted by Crippen LogP contribution is 2.46. The standard InChI is InChI=1S/C54H61ClN2O5/c1-37(2)51(57(5)53(60)61-36-47-45-27-17-15-25-43(45)44-26-16-18-28-46(44)47)52(59)56(4)38(3)35-50(58)62-54(41-23-13-10-14-24-41,48-29-19-20-30-49(48)55)42-33-31-40(32-34-42)39-21-11-8-6-7-9-12-22-39/h10,13-20,23-34,37-39,47,51H,6-9,11-12,21-22,35-36H2,1-5H3/t38-,51+,54?/m1/s1. The van der Waals surface area contributed by atoms with Crippen molar-refractivity contribution < 1.29 is 23.9 Å². The maximum atomic E-state index is 14.5. The van der Waals surface area contributed by atoms with Crippen molar-refractivity contribution in [3.05, 3.63) is 166 Å². The van der Waals surface area contributed by atoms with Crippen LogP contribution in [-0.2, 0) is 24.7 Å². The van der Waals surface area contributed by atoms with Gasteiger partial charge in [-0.15, -0.1) is 0 Å². The summed E-state index contributed by atoms with van der Waals surface area (Å²) in [6.45, 7) is 5.79. The van der Waals surface area contributed by atoms with Crippen LogP contribution in [0.15, 0.2) is 127 Å². The van der Waals surface area contributed by atoms with Gasteiger partial charge in [0.15, 0.2) is 5.60 Å². The smallest absolute Gasteiger partial charge is 0.410 e. The topological polar surface area (TPSA) is 76.2 Å². The lowest BCUT2D eigenvalue weighted by Crippen LogP contribution is -2.53. The molecule has 62 heavy (non-hydrogen) atoms. The quantitative estimate of drug-likeness (QED) is 0.0871. The van der Waals surface area contributed by atoms with Gasteiger partial charge in [-0.3, -0.25) is 14.5 Å². The number of hydrogen-bond acceptors (Lipinski definition) is 5. The van der Waals surface area contributed by atoms with Crippen LogP contribution >= 0.6 is 11.6 Å². The first kappa shape index (κ1) is 44.6. The summed E-state index contributed by atoms with van der Waals surface area (Å²) < 4.78 is 12.8. The molecular formula is C54H61ClN2O5. The number of carbonyl (C=O) groups is 3. The van der Waals surface area contributed by atoms with Crippen LogP contribution < -0.4 is 0 Å². The normalized spacial score (nSPS) is 16.4. The largest absolute Gasteiger partial charge is 0.448 e. The second kappa shape index (κ2) is 20.2. The first-order valence-corrected chi connectivity index (χ1v) is 22.9. The van der Waals surface area contributed by atoms with E-state index in [1.54, 1.807) is 19.0 Å². The molecule has 2 amide bonds. The number of nitrogens with zero attached hydrogens (tertiary/aromatic N) is 2. The maximum Gasteiger partial charge on any atom is 0.410 e. The number of carbonyl (C=O) groups excluding carboxylic acids is 3. The van der Waals surface area contributed by atoms with Crippen LogP contribution in [0.1, 0.15) is 124 Å². The van der Waals surface area contributed by atoms with Gasteiger partial charge in [-0.1, -0.05) is 185 Å². The Morgan fingerprint density at radius 2 is 1.19 bits per heavy atom. The third-order valence-electron chi connectivity index (χ3n) is 13.2. The molecule has 3 atom stereocenters. The summed E-state index contributed by atoms with van der Waals surface area (Å²) in [6.07, 6.45) is 9.32. The summed E-state index contributed by atoms with van der Waals surface area (Å²) in [5.41, 5.74) is 6.65. The Morgan fingerprint density at radius 3 is 1.79 bits per heavy atom. The molecule has 7 nitrogen and oxygen atoms in total. The minimum Gasteiger partial charge on any atom is -0.448 e. The molecule has 0 aromatic heterocycles. The van der Waals surface area contributed by atoms with E-state index < -0.39 is 29.7 Å². The van der Waals surface area contributed by atoms with Crippen molar-refractivity contribution in [3.63, 3.8) is 0 Å². The Labute approximate surface area is 373 Å². The van der Waals surface area contributed by atoms with Gasteiger partial charge in [0.25, 0.3) is 0 Å². The van der Waals surface area contributed by atoms with E-state index in [2.05, 4.69) is 48.5 Å². The number of halogens is 1. The van der Waals surface area contributed by atoms with Gasteiger partial charge in [-0.05, 0) is 65.5 Å². The number of benzene rings is 5. The first-order valence-electron chi connectivity index (χ1n) is 22.5. The lowest BCUT2D eigenvalue weighted by Gasteiger charge is -2.37. The van der Waals surface area contributed by atoms with E-state index in [4.69, 9.17) is 21.1 Å². The maximum absolute atomic E-state index is 14.5. The summed E-state index contributed by atoms with van der Waals surface area (Å²) in [7, 11) is 3.28. The van der Waals surface area contributed by atoms with E-state index in [1.165, 1.54) is 61.8 Å². The Kier molecular flexibility index (Phi) is 14.5. The number of ether oxygens (including phenoxy) is 2. The number of amides is 2. The number of rotatable bonds is 13. The van der Waals surface area contributed by atoms with E-state index in [1.807, 2.05) is 99.6 Å². The molecule has 2 aliphatic carbocycles. The van der Waals surface area contributed by atoms with Crippen molar-refractivity contribution in [2.75, 3.05) is 20.7 Å². The predicted molar refractivity (Wildman–Crippen MR) is 248 cm³/mol. The Morgan fingerprint density at radius 1 is 0.661 bits per heavy atom.